The summed E-state index contributed by atoms with van der Waals surface area (Å²) in [6.07, 6.45) is 5.82. The summed E-state index contributed by atoms with van der Waals surface area (Å²) in [5, 5.41) is 21.6. The molecule has 0 radical (unpaired) electrons. The lowest BCUT2D eigenvalue weighted by Gasteiger charge is -2.32. The van der Waals surface area contributed by atoms with Gasteiger partial charge in [-0.2, -0.15) is 0 Å². The Balaban J connectivity index is 1.55. The lowest BCUT2D eigenvalue weighted by Crippen LogP contribution is -2.58. The number of H-pyrrole nitrogens is 1. The number of aliphatic hydroxyl groups excluding tert-OH is 1. The summed E-state index contributed by atoms with van der Waals surface area (Å²) in [6.45, 7) is 12.3. The zero-order chi connectivity index (χ0) is 43.0. The van der Waals surface area contributed by atoms with E-state index < -0.39 is 74.5 Å². The van der Waals surface area contributed by atoms with Gasteiger partial charge in [0.15, 0.2) is 9.84 Å². The van der Waals surface area contributed by atoms with Crippen LogP contribution in [0.5, 0.6) is 0 Å². The van der Waals surface area contributed by atoms with Crippen LogP contribution in [0.1, 0.15) is 90.8 Å². The summed E-state index contributed by atoms with van der Waals surface area (Å²) < 4.78 is 39.0. The number of sulfone groups is 1. The minimum atomic E-state index is -4.22. The molecule has 2 heterocycles. The Bertz CT molecular complexity index is 1710. The first-order valence-corrected chi connectivity index (χ1v) is 22.8. The Hall–Kier alpha value is -4.06. The molecule has 2 aliphatic rings. The van der Waals surface area contributed by atoms with E-state index in [-0.39, 0.29) is 37.6 Å². The average molecular weight is 846 g/mol. The molecule has 1 unspecified atom stereocenters. The van der Waals surface area contributed by atoms with Gasteiger partial charge in [-0.05, 0) is 51.0 Å². The van der Waals surface area contributed by atoms with Crippen LogP contribution in [-0.4, -0.2) is 132 Å². The summed E-state index contributed by atoms with van der Waals surface area (Å²) >= 11 is 0. The molecule has 5 atom stereocenters. The Morgan fingerprint density at radius 1 is 0.949 bits per heavy atom. The minimum Gasteiger partial charge on any atom is -0.444 e. The number of aromatic nitrogens is 2. The number of aromatic amines is 1. The minimum absolute atomic E-state index is 0.0201. The van der Waals surface area contributed by atoms with E-state index in [1.165, 1.54) is 12.5 Å². The van der Waals surface area contributed by atoms with Gasteiger partial charge in [0.05, 0.1) is 37.4 Å². The van der Waals surface area contributed by atoms with Gasteiger partial charge in [0.1, 0.15) is 22.9 Å². The van der Waals surface area contributed by atoms with E-state index in [9.17, 15) is 32.7 Å². The summed E-state index contributed by atoms with van der Waals surface area (Å²) in [4.78, 5) is 64.0. The normalized spacial score (nSPS) is 18.2. The van der Waals surface area contributed by atoms with Gasteiger partial charge >= 0.3 is 6.09 Å². The number of carbonyl (C=O) groups is 4. The van der Waals surface area contributed by atoms with Crippen LogP contribution in [0.2, 0.25) is 0 Å². The van der Waals surface area contributed by atoms with Crippen molar-refractivity contribution in [1.82, 2.24) is 36.1 Å². The molecule has 59 heavy (non-hydrogen) atoms. The monoisotopic (exact) mass is 845 g/mol. The number of amides is 4. The molecule has 0 spiro atoms. The molecule has 16 nitrogen and oxygen atoms in total. The van der Waals surface area contributed by atoms with Crippen molar-refractivity contribution in [3.05, 3.63) is 54.1 Å². The van der Waals surface area contributed by atoms with Gasteiger partial charge < -0.3 is 40.8 Å². The zero-order valence-corrected chi connectivity index (χ0v) is 36.2. The smallest absolute Gasteiger partial charge is 0.408 e. The van der Waals surface area contributed by atoms with Gasteiger partial charge in [-0.25, -0.2) is 18.2 Å². The van der Waals surface area contributed by atoms with Crippen LogP contribution < -0.4 is 21.3 Å². The van der Waals surface area contributed by atoms with E-state index in [4.69, 9.17) is 9.47 Å². The molecule has 2 aromatic rings. The number of benzene rings is 1. The van der Waals surface area contributed by atoms with Crippen molar-refractivity contribution in [3.63, 3.8) is 0 Å². The van der Waals surface area contributed by atoms with E-state index in [0.29, 0.717) is 31.9 Å². The predicted octanol–water partition coefficient (Wildman–Crippen LogP) is 2.67. The number of morpholine rings is 1. The van der Waals surface area contributed by atoms with Gasteiger partial charge in [-0.15, -0.1) is 0 Å². The maximum absolute atomic E-state index is 14.3. The highest BCUT2D eigenvalue weighted by Crippen LogP contribution is 2.29. The molecule has 330 valence electrons. The fourth-order valence-corrected chi connectivity index (χ4v) is 9.60. The maximum Gasteiger partial charge on any atom is 0.408 e. The lowest BCUT2D eigenvalue weighted by atomic mass is 9.83. The van der Waals surface area contributed by atoms with E-state index in [2.05, 4.69) is 36.1 Å². The molecule has 2 fully saturated rings. The summed E-state index contributed by atoms with van der Waals surface area (Å²) in [6, 6.07) is 5.74. The van der Waals surface area contributed by atoms with Gasteiger partial charge in [-0.1, -0.05) is 76.3 Å². The van der Waals surface area contributed by atoms with Crippen LogP contribution in [0.25, 0.3) is 0 Å². The molecule has 1 saturated heterocycles. The third kappa shape index (κ3) is 16.8. The van der Waals surface area contributed by atoms with Gasteiger partial charge in [0.25, 0.3) is 0 Å². The third-order valence-electron chi connectivity index (χ3n) is 10.7. The molecule has 4 amide bonds. The molecule has 6 N–H and O–H groups in total. The molecule has 1 aromatic heterocycles. The molecule has 4 rings (SSSR count). The number of hydrogen-bond acceptors (Lipinski definition) is 11. The highest BCUT2D eigenvalue weighted by molar-refractivity contribution is 7.92. The van der Waals surface area contributed by atoms with Crippen LogP contribution in [0.3, 0.4) is 0 Å². The number of nitrogens with zero attached hydrogens (tertiary/aromatic N) is 2. The van der Waals surface area contributed by atoms with Gasteiger partial charge in [0, 0.05) is 50.9 Å². The maximum atomic E-state index is 14.3. The van der Waals surface area contributed by atoms with Crippen molar-refractivity contribution in [1.29, 1.82) is 0 Å². The molecule has 1 aromatic carbocycles. The van der Waals surface area contributed by atoms with Crippen molar-refractivity contribution >= 4 is 33.7 Å². The Morgan fingerprint density at radius 2 is 1.61 bits per heavy atom. The number of aliphatic hydroxyl groups is 1. The van der Waals surface area contributed by atoms with Crippen molar-refractivity contribution in [2.24, 2.45) is 11.8 Å². The Labute approximate surface area is 349 Å². The van der Waals surface area contributed by atoms with Crippen molar-refractivity contribution < 1.29 is 42.2 Å². The molecular formula is C42H67N7O9S. The van der Waals surface area contributed by atoms with E-state index in [0.717, 1.165) is 50.8 Å². The quantitative estimate of drug-likeness (QED) is 0.107. The zero-order valence-electron chi connectivity index (χ0n) is 35.4. The first-order valence-electron chi connectivity index (χ1n) is 21.1. The van der Waals surface area contributed by atoms with Crippen molar-refractivity contribution in [2.45, 2.75) is 127 Å². The van der Waals surface area contributed by atoms with E-state index in [1.807, 2.05) is 44.2 Å². The second-order valence-electron chi connectivity index (χ2n) is 17.3. The van der Waals surface area contributed by atoms with Crippen LogP contribution in [0.4, 0.5) is 4.79 Å². The lowest BCUT2D eigenvalue weighted by molar-refractivity contribution is -0.130. The number of ether oxygens (including phenoxy) is 2. The first kappa shape index (κ1) is 47.6. The van der Waals surface area contributed by atoms with Gasteiger partial charge in [-0.3, -0.25) is 19.3 Å². The highest BCUT2D eigenvalue weighted by Gasteiger charge is 2.39. The van der Waals surface area contributed by atoms with Crippen LogP contribution >= 0.6 is 0 Å². The fraction of sp³-hybridized carbons (Fsp3) is 0.690. The molecule has 1 aliphatic heterocycles. The summed E-state index contributed by atoms with van der Waals surface area (Å²) in [7, 11) is -4.22. The second-order valence-corrected chi connectivity index (χ2v) is 19.6. The SMILES string of the molecule is CC(C)CC(C(=O)NCCN1CCOCC1)S(=O)(=O)C[C@H](O)[C@H](CC1CCCCC1)NC(=O)[C@H](Cc1cnc[nH]1)NC(=O)[C@H](Cc1ccccc1)NC(=O)OC(C)(C)C. The molecular weight excluding hydrogens is 779 g/mol. The van der Waals surface area contributed by atoms with Crippen LogP contribution in [0.15, 0.2) is 42.9 Å². The average Bonchev–Trinajstić information content (AvgIpc) is 3.69. The number of hydrogen-bond donors (Lipinski definition) is 6. The molecule has 0 bridgehead atoms. The number of nitrogens with one attached hydrogen (secondary N) is 5. The van der Waals surface area contributed by atoms with Crippen molar-refractivity contribution in [2.75, 3.05) is 45.1 Å². The summed E-state index contributed by atoms with van der Waals surface area (Å²) in [5.41, 5.74) is 0.467. The number of rotatable bonds is 21. The number of alkyl carbamates (subject to hydrolysis) is 1. The van der Waals surface area contributed by atoms with Crippen molar-refractivity contribution in [3.8, 4) is 0 Å². The highest BCUT2D eigenvalue weighted by atomic mass is 32.2. The molecule has 1 aliphatic carbocycles. The standard InChI is InChI=1S/C42H67N7O9S/c1-29(2)22-37(40(53)44-16-17-49-18-20-57-21-19-49)59(55,56)27-36(50)33(23-30-12-8-6-9-13-30)46-39(52)35(25-32-26-43-28-45-32)47-38(51)34(24-31-14-10-7-11-15-31)48-41(54)58-42(3,4)5/h7,10-11,14-15,26,28-30,33-37,50H,6,8-9,12-13,16-25,27H2,1-5H3,(H,43,45)(H,44,53)(H,46,52)(H,47,51)(H,48,54)/t33-,34-,35-,36-,37?/m0/s1. The van der Waals surface area contributed by atoms with E-state index >= 15 is 0 Å². The number of carbonyl (C=O) groups excluding carboxylic acids is 4. The molecule has 1 saturated carbocycles. The van der Waals surface area contributed by atoms with Crippen LogP contribution in [-0.2, 0) is 46.5 Å². The first-order chi connectivity index (χ1) is 28.0. The second kappa shape index (κ2) is 23.1. The Morgan fingerprint density at radius 3 is 2.24 bits per heavy atom. The van der Waals surface area contributed by atoms with E-state index in [1.54, 1.807) is 20.8 Å². The van der Waals surface area contributed by atoms with Crippen LogP contribution in [0, 0.1) is 11.8 Å². The number of imidazole rings is 1. The largest absolute Gasteiger partial charge is 0.444 e. The molecule has 17 heteroatoms. The third-order valence-corrected chi connectivity index (χ3v) is 12.7. The Kier molecular flexibility index (Phi) is 18.6. The van der Waals surface area contributed by atoms with Gasteiger partial charge in [0.2, 0.25) is 17.7 Å². The predicted molar refractivity (Wildman–Crippen MR) is 224 cm³/mol. The fourth-order valence-electron chi connectivity index (χ4n) is 7.58. The topological polar surface area (TPSA) is 221 Å². The summed E-state index contributed by atoms with van der Waals surface area (Å²) in [5.74, 6) is -2.66.